The molecule has 3 aromatic rings. The molecule has 178 valence electrons. The maximum absolute atomic E-state index is 12.9. The van der Waals surface area contributed by atoms with Crippen LogP contribution in [-0.4, -0.2) is 38.0 Å². The molecule has 1 aliphatic rings. The summed E-state index contributed by atoms with van der Waals surface area (Å²) in [4.78, 5) is 35.5. The van der Waals surface area contributed by atoms with Gasteiger partial charge in [-0.2, -0.15) is 0 Å². The summed E-state index contributed by atoms with van der Waals surface area (Å²) in [5.41, 5.74) is 0.822. The maximum atomic E-state index is 12.9. The number of benzene rings is 3. The number of carbonyl (C=O) groups is 2. The van der Waals surface area contributed by atoms with Gasteiger partial charge in [0.2, 0.25) is 5.78 Å². The van der Waals surface area contributed by atoms with E-state index in [-0.39, 0.29) is 34.3 Å². The Morgan fingerprint density at radius 2 is 1.57 bits per heavy atom. The number of ketones is 1. The molecule has 0 amide bonds. The number of nitro groups is 1. The lowest BCUT2D eigenvalue weighted by Gasteiger charge is -2.12. The van der Waals surface area contributed by atoms with Crippen LogP contribution >= 0.6 is 0 Å². The van der Waals surface area contributed by atoms with Gasteiger partial charge >= 0.3 is 5.97 Å². The van der Waals surface area contributed by atoms with E-state index in [1.807, 2.05) is 0 Å². The lowest BCUT2D eigenvalue weighted by molar-refractivity contribution is -0.384. The molecule has 0 aliphatic carbocycles. The van der Waals surface area contributed by atoms with Gasteiger partial charge in [-0.1, -0.05) is 0 Å². The first-order valence-corrected chi connectivity index (χ1v) is 10.2. The fourth-order valence-electron chi connectivity index (χ4n) is 3.42. The van der Waals surface area contributed by atoms with E-state index in [4.69, 9.17) is 23.7 Å². The summed E-state index contributed by atoms with van der Waals surface area (Å²) in [5, 5.41) is 10.8. The van der Waals surface area contributed by atoms with Crippen LogP contribution in [0.3, 0.4) is 0 Å². The number of nitro benzene ring substituents is 1. The average molecular weight is 477 g/mol. The van der Waals surface area contributed by atoms with Gasteiger partial charge in [-0.05, 0) is 36.4 Å². The summed E-state index contributed by atoms with van der Waals surface area (Å²) in [6, 6.07) is 12.7. The molecule has 3 aromatic carbocycles. The molecule has 0 N–H and O–H groups in total. The third kappa shape index (κ3) is 4.62. The fourth-order valence-corrected chi connectivity index (χ4v) is 3.42. The van der Waals surface area contributed by atoms with Crippen molar-refractivity contribution in [1.29, 1.82) is 0 Å². The van der Waals surface area contributed by atoms with E-state index in [9.17, 15) is 19.7 Å². The Labute approximate surface area is 199 Å². The third-order valence-electron chi connectivity index (χ3n) is 5.19. The summed E-state index contributed by atoms with van der Waals surface area (Å²) < 4.78 is 27.1. The van der Waals surface area contributed by atoms with Crippen molar-refractivity contribution in [3.63, 3.8) is 0 Å². The average Bonchev–Trinajstić information content (AvgIpc) is 3.17. The molecular weight excluding hydrogens is 458 g/mol. The molecule has 10 heteroatoms. The topological polar surface area (TPSA) is 123 Å². The minimum Gasteiger partial charge on any atom is -0.496 e. The molecule has 10 nitrogen and oxygen atoms in total. The van der Waals surface area contributed by atoms with Crippen LogP contribution in [0.2, 0.25) is 0 Å². The van der Waals surface area contributed by atoms with Crippen LogP contribution in [0.25, 0.3) is 6.08 Å². The van der Waals surface area contributed by atoms with Crippen LogP contribution in [0.15, 0.2) is 60.4 Å². The smallest absolute Gasteiger partial charge is 0.343 e. The Balaban J connectivity index is 1.57. The molecule has 0 fully saturated rings. The number of non-ortho nitro benzene ring substituents is 1. The normalized spacial score (nSPS) is 13.1. The van der Waals surface area contributed by atoms with Gasteiger partial charge < -0.3 is 23.7 Å². The predicted molar refractivity (Wildman–Crippen MR) is 124 cm³/mol. The molecule has 35 heavy (non-hydrogen) atoms. The van der Waals surface area contributed by atoms with E-state index in [1.54, 1.807) is 12.1 Å². The Hall–Kier alpha value is -4.86. The number of Topliss-reactive ketones (excluding diaryl/α,β-unsaturated/α-hetero) is 1. The molecule has 0 unspecified atom stereocenters. The second-order valence-corrected chi connectivity index (χ2v) is 7.24. The van der Waals surface area contributed by atoms with Gasteiger partial charge in [0, 0.05) is 29.8 Å². The van der Waals surface area contributed by atoms with Gasteiger partial charge in [-0.3, -0.25) is 14.9 Å². The molecule has 0 atom stereocenters. The van der Waals surface area contributed by atoms with Crippen LogP contribution < -0.4 is 23.7 Å². The van der Waals surface area contributed by atoms with Gasteiger partial charge in [0.15, 0.2) is 17.3 Å². The monoisotopic (exact) mass is 477 g/mol. The molecule has 0 saturated heterocycles. The number of carbonyl (C=O) groups excluding carboxylic acids is 2. The number of hydrogen-bond donors (Lipinski definition) is 0. The molecule has 1 heterocycles. The first kappa shape index (κ1) is 23.3. The number of fused-ring (bicyclic) bond motifs is 1. The van der Waals surface area contributed by atoms with Crippen LogP contribution in [0.4, 0.5) is 5.69 Å². The van der Waals surface area contributed by atoms with Crippen molar-refractivity contribution in [3.05, 3.63) is 87.2 Å². The van der Waals surface area contributed by atoms with Crippen LogP contribution in [0.5, 0.6) is 28.7 Å². The van der Waals surface area contributed by atoms with E-state index in [1.165, 1.54) is 69.9 Å². The molecular formula is C25H19NO9. The molecule has 0 saturated carbocycles. The van der Waals surface area contributed by atoms with E-state index in [0.717, 1.165) is 0 Å². The van der Waals surface area contributed by atoms with Gasteiger partial charge in [0.25, 0.3) is 5.69 Å². The van der Waals surface area contributed by atoms with E-state index >= 15 is 0 Å². The number of allylic oxidation sites excluding steroid dienone is 1. The zero-order chi connectivity index (χ0) is 25.1. The number of esters is 1. The highest BCUT2D eigenvalue weighted by Gasteiger charge is 2.29. The fraction of sp³-hybridized carbons (Fsp3) is 0.120. The van der Waals surface area contributed by atoms with Crippen molar-refractivity contribution in [2.75, 3.05) is 21.3 Å². The summed E-state index contributed by atoms with van der Waals surface area (Å²) in [7, 11) is 4.48. The Morgan fingerprint density at radius 3 is 2.20 bits per heavy atom. The Kier molecular flexibility index (Phi) is 6.36. The van der Waals surface area contributed by atoms with Gasteiger partial charge in [-0.15, -0.1) is 0 Å². The highest BCUT2D eigenvalue weighted by atomic mass is 16.6. The summed E-state index contributed by atoms with van der Waals surface area (Å²) >= 11 is 0. The van der Waals surface area contributed by atoms with E-state index in [2.05, 4.69) is 0 Å². The molecule has 0 bridgehead atoms. The SMILES string of the molecule is COc1cc(OC)c(OC)cc1/C=C1\Oc2cc(OC(=O)c3ccc([N+](=O)[O-])cc3)ccc2C1=O. The molecule has 0 aromatic heterocycles. The minimum absolute atomic E-state index is 0.0457. The molecule has 4 rings (SSSR count). The van der Waals surface area contributed by atoms with Crippen LogP contribution in [0.1, 0.15) is 26.3 Å². The van der Waals surface area contributed by atoms with Crippen molar-refractivity contribution in [2.45, 2.75) is 0 Å². The standard InChI is InChI=1S/C25H19NO9/c1-31-19-13-22(33-3)21(32-2)10-15(19)11-23-24(27)18-9-8-17(12-20(18)35-23)34-25(28)14-4-6-16(7-5-14)26(29)30/h4-13H,1-3H3/b23-11-. The number of rotatable bonds is 7. The van der Waals surface area contributed by atoms with Gasteiger partial charge in [-0.25, -0.2) is 4.79 Å². The zero-order valence-corrected chi connectivity index (χ0v) is 18.9. The van der Waals surface area contributed by atoms with E-state index in [0.29, 0.717) is 28.4 Å². The highest BCUT2D eigenvalue weighted by Crippen LogP contribution is 2.39. The van der Waals surface area contributed by atoms with Crippen molar-refractivity contribution >= 4 is 23.5 Å². The number of hydrogen-bond acceptors (Lipinski definition) is 9. The second-order valence-electron chi connectivity index (χ2n) is 7.24. The summed E-state index contributed by atoms with van der Waals surface area (Å²) in [6.07, 6.45) is 1.52. The van der Waals surface area contributed by atoms with Crippen molar-refractivity contribution in [3.8, 4) is 28.7 Å². The predicted octanol–water partition coefficient (Wildman–Crippen LogP) is 4.46. The minimum atomic E-state index is -0.713. The number of nitrogens with zero attached hydrogens (tertiary/aromatic N) is 1. The lowest BCUT2D eigenvalue weighted by atomic mass is 10.1. The lowest BCUT2D eigenvalue weighted by Crippen LogP contribution is -2.08. The van der Waals surface area contributed by atoms with Gasteiger partial charge in [0.05, 0.1) is 37.4 Å². The molecule has 0 spiro atoms. The second kappa shape index (κ2) is 9.56. The van der Waals surface area contributed by atoms with Crippen molar-refractivity contribution in [2.24, 2.45) is 0 Å². The largest absolute Gasteiger partial charge is 0.496 e. The van der Waals surface area contributed by atoms with Crippen LogP contribution in [0, 0.1) is 10.1 Å². The maximum Gasteiger partial charge on any atom is 0.343 e. The summed E-state index contributed by atoms with van der Waals surface area (Å²) in [6.45, 7) is 0. The Morgan fingerprint density at radius 1 is 0.914 bits per heavy atom. The number of methoxy groups -OCH3 is 3. The van der Waals surface area contributed by atoms with Crippen molar-refractivity contribution < 1.29 is 38.2 Å². The quantitative estimate of drug-likeness (QED) is 0.160. The third-order valence-corrected chi connectivity index (χ3v) is 5.19. The van der Waals surface area contributed by atoms with Crippen molar-refractivity contribution in [1.82, 2.24) is 0 Å². The first-order valence-electron chi connectivity index (χ1n) is 10.2. The first-order chi connectivity index (χ1) is 16.8. The van der Waals surface area contributed by atoms with E-state index < -0.39 is 10.9 Å². The van der Waals surface area contributed by atoms with Gasteiger partial charge in [0.1, 0.15) is 17.2 Å². The highest BCUT2D eigenvalue weighted by molar-refractivity contribution is 6.14. The summed E-state index contributed by atoms with van der Waals surface area (Å²) in [5.74, 6) is 0.695. The molecule has 0 radical (unpaired) electrons. The number of ether oxygens (including phenoxy) is 5. The zero-order valence-electron chi connectivity index (χ0n) is 18.9. The molecule has 1 aliphatic heterocycles. The van der Waals surface area contributed by atoms with Crippen LogP contribution in [-0.2, 0) is 0 Å². The Bertz CT molecular complexity index is 1360.